The summed E-state index contributed by atoms with van der Waals surface area (Å²) in [5.41, 5.74) is 1.06. The predicted octanol–water partition coefficient (Wildman–Crippen LogP) is 3.68. The van der Waals surface area contributed by atoms with Crippen LogP contribution in [0, 0.1) is 10.4 Å². The SMILES string of the molecule is N.c1cc2ccc1=2.c1ccc2ncccc2c1. The molecule has 0 aliphatic heterocycles. The second-order valence-corrected chi connectivity index (χ2v) is 3.77. The number of para-hydroxylation sites is 1. The molecule has 0 spiro atoms. The molecule has 84 valence electrons. The van der Waals surface area contributed by atoms with Gasteiger partial charge in [-0.2, -0.15) is 0 Å². The first-order valence-corrected chi connectivity index (χ1v) is 5.34. The maximum atomic E-state index is 4.18. The molecule has 17 heavy (non-hydrogen) atoms. The highest BCUT2D eigenvalue weighted by Crippen LogP contribution is 2.08. The minimum Gasteiger partial charge on any atom is -0.344 e. The van der Waals surface area contributed by atoms with Crippen molar-refractivity contribution in [3.05, 3.63) is 77.3 Å². The molecular weight excluding hydrogens is 208 g/mol. The van der Waals surface area contributed by atoms with Crippen molar-refractivity contribution < 1.29 is 0 Å². The van der Waals surface area contributed by atoms with Crippen LogP contribution in [0.2, 0.25) is 0 Å². The van der Waals surface area contributed by atoms with Gasteiger partial charge in [-0.05, 0) is 22.6 Å². The lowest BCUT2D eigenvalue weighted by Crippen LogP contribution is -1.80. The summed E-state index contributed by atoms with van der Waals surface area (Å²) in [5.74, 6) is 0. The lowest BCUT2D eigenvalue weighted by Gasteiger charge is -1.95. The molecule has 2 heteroatoms. The molecule has 0 radical (unpaired) electrons. The van der Waals surface area contributed by atoms with Crippen LogP contribution in [-0.4, -0.2) is 4.98 Å². The van der Waals surface area contributed by atoms with Gasteiger partial charge in [0, 0.05) is 11.6 Å². The number of fused-ring (bicyclic) bond motifs is 1. The van der Waals surface area contributed by atoms with E-state index in [0.717, 1.165) is 5.52 Å². The van der Waals surface area contributed by atoms with Crippen molar-refractivity contribution >= 4 is 10.9 Å². The highest BCUT2D eigenvalue weighted by molar-refractivity contribution is 5.77. The van der Waals surface area contributed by atoms with E-state index in [1.807, 2.05) is 30.5 Å². The molecule has 1 aromatic carbocycles. The van der Waals surface area contributed by atoms with E-state index in [-0.39, 0.29) is 6.15 Å². The highest BCUT2D eigenvalue weighted by Gasteiger charge is 1.89. The normalized spacial score (nSPS) is 9.88. The molecular formula is C15H14N2. The van der Waals surface area contributed by atoms with E-state index in [2.05, 4.69) is 41.4 Å². The number of rotatable bonds is 0. The Kier molecular flexibility index (Phi) is 3.17. The van der Waals surface area contributed by atoms with E-state index in [1.165, 1.54) is 15.8 Å². The largest absolute Gasteiger partial charge is 0.344 e. The first-order chi connectivity index (χ1) is 7.93. The molecule has 2 nitrogen and oxygen atoms in total. The fraction of sp³-hybridized carbons (Fsp3) is 0. The average molecular weight is 222 g/mol. The van der Waals surface area contributed by atoms with Crippen LogP contribution in [-0.2, 0) is 0 Å². The third kappa shape index (κ3) is 2.17. The lowest BCUT2D eigenvalue weighted by atomic mass is 10.1. The Morgan fingerprint density at radius 2 is 1.24 bits per heavy atom. The van der Waals surface area contributed by atoms with E-state index in [9.17, 15) is 0 Å². The fourth-order valence-electron chi connectivity index (χ4n) is 1.68. The molecule has 0 bridgehead atoms. The number of pyridine rings is 1. The molecule has 0 saturated heterocycles. The molecule has 0 saturated carbocycles. The summed E-state index contributed by atoms with van der Waals surface area (Å²) in [6.07, 6.45) is 1.81. The van der Waals surface area contributed by atoms with Crippen molar-refractivity contribution in [1.82, 2.24) is 11.1 Å². The zero-order valence-electron chi connectivity index (χ0n) is 9.51. The van der Waals surface area contributed by atoms with Gasteiger partial charge in [-0.25, -0.2) is 0 Å². The Bertz CT molecular complexity index is 604. The van der Waals surface area contributed by atoms with E-state index < -0.39 is 0 Å². The third-order valence-electron chi connectivity index (χ3n) is 2.73. The van der Waals surface area contributed by atoms with Crippen molar-refractivity contribution in [2.45, 2.75) is 0 Å². The molecule has 0 fully saturated rings. The van der Waals surface area contributed by atoms with Gasteiger partial charge < -0.3 is 6.15 Å². The first-order valence-electron chi connectivity index (χ1n) is 5.34. The smallest absolute Gasteiger partial charge is 0.0701 e. The minimum absolute atomic E-state index is 0. The Balaban J connectivity index is 0.000000132. The van der Waals surface area contributed by atoms with Gasteiger partial charge >= 0.3 is 0 Å². The van der Waals surface area contributed by atoms with Crippen LogP contribution in [0.5, 0.6) is 0 Å². The summed E-state index contributed by atoms with van der Waals surface area (Å²) in [6.45, 7) is 0. The van der Waals surface area contributed by atoms with Crippen molar-refractivity contribution in [3.63, 3.8) is 0 Å². The third-order valence-corrected chi connectivity index (χ3v) is 2.73. The van der Waals surface area contributed by atoms with Gasteiger partial charge in [0.25, 0.3) is 0 Å². The molecule has 0 atom stereocenters. The molecule has 4 rings (SSSR count). The molecule has 3 N–H and O–H groups in total. The minimum atomic E-state index is 0. The predicted molar refractivity (Wildman–Crippen MR) is 70.9 cm³/mol. The standard InChI is InChI=1S/C9H7N.C6H4.H3N/c1-2-6-9-8(4-1)5-3-7-10-9;1-2-6-4-3-5(1)6;/h1-7H;1-4H;1H3. The van der Waals surface area contributed by atoms with Gasteiger partial charge in [0.15, 0.2) is 0 Å². The number of aromatic nitrogens is 1. The van der Waals surface area contributed by atoms with Gasteiger partial charge in [-0.3, -0.25) is 4.98 Å². The molecule has 2 aromatic rings. The second kappa shape index (κ2) is 4.76. The summed E-state index contributed by atoms with van der Waals surface area (Å²) in [7, 11) is 0. The maximum absolute atomic E-state index is 4.18. The second-order valence-electron chi connectivity index (χ2n) is 3.77. The van der Waals surface area contributed by atoms with Crippen molar-refractivity contribution in [2.24, 2.45) is 0 Å². The summed E-state index contributed by atoms with van der Waals surface area (Å²) in [6, 6.07) is 20.6. The summed E-state index contributed by atoms with van der Waals surface area (Å²) < 4.78 is 0. The molecule has 2 aliphatic carbocycles. The van der Waals surface area contributed by atoms with Crippen LogP contribution in [0.4, 0.5) is 0 Å². The monoisotopic (exact) mass is 222 g/mol. The molecule has 1 heterocycles. The van der Waals surface area contributed by atoms with Crippen LogP contribution in [0.3, 0.4) is 0 Å². The number of nitrogens with zero attached hydrogens (tertiary/aromatic N) is 1. The topological polar surface area (TPSA) is 47.9 Å². The van der Waals surface area contributed by atoms with E-state index >= 15 is 0 Å². The lowest BCUT2D eigenvalue weighted by molar-refractivity contribution is 1.38. The Morgan fingerprint density at radius 3 is 1.76 bits per heavy atom. The Hall–Kier alpha value is -2.19. The zero-order chi connectivity index (χ0) is 10.8. The zero-order valence-corrected chi connectivity index (χ0v) is 9.51. The van der Waals surface area contributed by atoms with E-state index in [1.54, 1.807) is 0 Å². The van der Waals surface area contributed by atoms with Crippen molar-refractivity contribution in [1.29, 1.82) is 0 Å². The molecule has 2 aliphatic rings. The van der Waals surface area contributed by atoms with Gasteiger partial charge in [0.05, 0.1) is 5.52 Å². The Labute approximate surface area is 99.8 Å². The molecule has 0 unspecified atom stereocenters. The first kappa shape index (κ1) is 11.3. The Morgan fingerprint density at radius 1 is 0.647 bits per heavy atom. The summed E-state index contributed by atoms with van der Waals surface area (Å²) in [4.78, 5) is 4.18. The van der Waals surface area contributed by atoms with Crippen molar-refractivity contribution in [2.75, 3.05) is 0 Å². The van der Waals surface area contributed by atoms with E-state index in [0.29, 0.717) is 0 Å². The average Bonchev–Trinajstić information content (AvgIpc) is 2.35. The molecule has 0 amide bonds. The van der Waals surface area contributed by atoms with Crippen LogP contribution in [0.15, 0.2) is 66.9 Å². The quantitative estimate of drug-likeness (QED) is 0.493. The van der Waals surface area contributed by atoms with Gasteiger partial charge in [-0.1, -0.05) is 48.5 Å². The van der Waals surface area contributed by atoms with E-state index in [4.69, 9.17) is 0 Å². The number of hydrogen-bond acceptors (Lipinski definition) is 2. The fourth-order valence-corrected chi connectivity index (χ4v) is 1.68. The summed E-state index contributed by atoms with van der Waals surface area (Å²) >= 11 is 0. The summed E-state index contributed by atoms with van der Waals surface area (Å²) in [5, 5.41) is 4.05. The van der Waals surface area contributed by atoms with Crippen molar-refractivity contribution in [3.8, 4) is 0 Å². The number of hydrogen-bond donors (Lipinski definition) is 1. The van der Waals surface area contributed by atoms with Gasteiger partial charge in [0.2, 0.25) is 0 Å². The molecule has 1 aromatic heterocycles. The van der Waals surface area contributed by atoms with Gasteiger partial charge in [0.1, 0.15) is 0 Å². The maximum Gasteiger partial charge on any atom is 0.0701 e. The van der Waals surface area contributed by atoms with Crippen LogP contribution >= 0.6 is 0 Å². The van der Waals surface area contributed by atoms with Crippen LogP contribution in [0.1, 0.15) is 0 Å². The number of benzene rings is 2. The van der Waals surface area contributed by atoms with Gasteiger partial charge in [-0.15, -0.1) is 0 Å². The van der Waals surface area contributed by atoms with Crippen LogP contribution in [0.25, 0.3) is 10.9 Å². The highest BCUT2D eigenvalue weighted by atomic mass is 14.6. The van der Waals surface area contributed by atoms with Crippen LogP contribution < -0.4 is 6.15 Å².